The minimum atomic E-state index is 0. The summed E-state index contributed by atoms with van der Waals surface area (Å²) in [7, 11) is 0. The second-order valence-electron chi connectivity index (χ2n) is 6.89. The molecule has 0 radical (unpaired) electrons. The van der Waals surface area contributed by atoms with Gasteiger partial charge in [0.15, 0.2) is 0 Å². The minimum absolute atomic E-state index is 0. The molecule has 0 aliphatic heterocycles. The highest BCUT2D eigenvalue weighted by atomic mass is 35.5. The molecule has 0 amide bonds. The van der Waals surface area contributed by atoms with E-state index in [1.807, 2.05) is 12.1 Å². The van der Waals surface area contributed by atoms with Gasteiger partial charge in [-0.1, -0.05) is 56.0 Å². The number of ether oxygens (including phenoxy) is 1. The van der Waals surface area contributed by atoms with Gasteiger partial charge in [-0.2, -0.15) is 4.98 Å². The molecule has 0 atom stereocenters. The normalized spacial score (nSPS) is 10.8. The first-order valence-electron chi connectivity index (χ1n) is 10.00. The molecule has 152 valence electrons. The minimum Gasteiger partial charge on any atom is -0.494 e. The van der Waals surface area contributed by atoms with Gasteiger partial charge in [0.05, 0.1) is 6.61 Å². The molecule has 0 saturated carbocycles. The van der Waals surface area contributed by atoms with Crippen molar-refractivity contribution in [3.05, 3.63) is 42.3 Å². The summed E-state index contributed by atoms with van der Waals surface area (Å²) in [5.74, 6) is 2.18. The fraction of sp³-hybridized carbons (Fsp3) is 0.455. The van der Waals surface area contributed by atoms with E-state index >= 15 is 0 Å². The Morgan fingerprint density at radius 3 is 2.57 bits per heavy atom. The Balaban J connectivity index is 0.00000280. The molecular weight excluding hydrogens is 374 g/mol. The zero-order valence-electron chi connectivity index (χ0n) is 16.5. The third-order valence-electron chi connectivity index (χ3n) is 4.65. The van der Waals surface area contributed by atoms with Crippen molar-refractivity contribution in [1.29, 1.82) is 0 Å². The van der Waals surface area contributed by atoms with Crippen LogP contribution in [0.25, 0.3) is 22.2 Å². The van der Waals surface area contributed by atoms with Gasteiger partial charge in [-0.3, -0.25) is 0 Å². The van der Waals surface area contributed by atoms with Crippen molar-refractivity contribution in [3.8, 4) is 17.1 Å². The Bertz CT molecular complexity index is 851. The number of unbranched alkanes of at least 4 members (excludes halogenated alkanes) is 4. The third-order valence-corrected chi connectivity index (χ3v) is 4.65. The van der Waals surface area contributed by atoms with Crippen LogP contribution in [0.3, 0.4) is 0 Å². The van der Waals surface area contributed by atoms with Crippen LogP contribution >= 0.6 is 12.4 Å². The molecule has 0 aliphatic carbocycles. The van der Waals surface area contributed by atoms with E-state index in [2.05, 4.69) is 41.3 Å². The SMILES string of the molecule is CCCCCCCOc1ccc2cc(-c3noc(CCCN)n3)ccc2c1.Cl. The predicted molar refractivity (Wildman–Crippen MR) is 116 cm³/mol. The Morgan fingerprint density at radius 1 is 0.964 bits per heavy atom. The number of hydrogen-bond acceptors (Lipinski definition) is 5. The van der Waals surface area contributed by atoms with E-state index in [9.17, 15) is 0 Å². The van der Waals surface area contributed by atoms with E-state index in [4.69, 9.17) is 15.0 Å². The highest BCUT2D eigenvalue weighted by molar-refractivity contribution is 5.87. The number of nitrogens with two attached hydrogens (primary N) is 1. The number of aryl methyl sites for hydroxylation is 1. The molecule has 3 rings (SSSR count). The average Bonchev–Trinajstić information content (AvgIpc) is 3.17. The van der Waals surface area contributed by atoms with Gasteiger partial charge in [0.2, 0.25) is 11.7 Å². The summed E-state index contributed by atoms with van der Waals surface area (Å²) in [5, 5.41) is 6.37. The van der Waals surface area contributed by atoms with Crippen LogP contribution in [-0.2, 0) is 6.42 Å². The summed E-state index contributed by atoms with van der Waals surface area (Å²) in [4.78, 5) is 4.46. The van der Waals surface area contributed by atoms with Crippen molar-refractivity contribution in [2.75, 3.05) is 13.2 Å². The predicted octanol–water partition coefficient (Wildman–Crippen LogP) is 5.55. The fourth-order valence-corrected chi connectivity index (χ4v) is 3.08. The topological polar surface area (TPSA) is 74.2 Å². The van der Waals surface area contributed by atoms with Crippen molar-refractivity contribution in [3.63, 3.8) is 0 Å². The van der Waals surface area contributed by atoms with Crippen molar-refractivity contribution >= 4 is 23.2 Å². The van der Waals surface area contributed by atoms with Crippen LogP contribution in [0.15, 0.2) is 40.9 Å². The molecule has 0 saturated heterocycles. The smallest absolute Gasteiger partial charge is 0.227 e. The maximum Gasteiger partial charge on any atom is 0.227 e. The second kappa shape index (κ2) is 11.7. The monoisotopic (exact) mass is 403 g/mol. The molecule has 5 nitrogen and oxygen atoms in total. The fourth-order valence-electron chi connectivity index (χ4n) is 3.08. The standard InChI is InChI=1S/C22H29N3O2.ClH/c1-2-3-4-5-6-14-26-20-12-11-17-15-19(10-9-18(17)16-20)22-24-21(27-25-22)8-7-13-23;/h9-12,15-16H,2-8,13-14,23H2,1H3;1H. The molecule has 0 spiro atoms. The van der Waals surface area contributed by atoms with Crippen LogP contribution in [0.4, 0.5) is 0 Å². The lowest BCUT2D eigenvalue weighted by Gasteiger charge is -2.08. The lowest BCUT2D eigenvalue weighted by atomic mass is 10.1. The number of aromatic nitrogens is 2. The molecule has 6 heteroatoms. The van der Waals surface area contributed by atoms with Gasteiger partial charge in [0.25, 0.3) is 0 Å². The summed E-state index contributed by atoms with van der Waals surface area (Å²) in [5.41, 5.74) is 6.48. The first-order valence-corrected chi connectivity index (χ1v) is 10.00. The third kappa shape index (κ3) is 6.21. The van der Waals surface area contributed by atoms with E-state index in [0.29, 0.717) is 18.3 Å². The van der Waals surface area contributed by atoms with Crippen LogP contribution < -0.4 is 10.5 Å². The van der Waals surface area contributed by atoms with E-state index < -0.39 is 0 Å². The Morgan fingerprint density at radius 2 is 1.75 bits per heavy atom. The van der Waals surface area contributed by atoms with Crippen LogP contribution in [0.2, 0.25) is 0 Å². The summed E-state index contributed by atoms with van der Waals surface area (Å²) >= 11 is 0. The van der Waals surface area contributed by atoms with Crippen LogP contribution in [-0.4, -0.2) is 23.3 Å². The van der Waals surface area contributed by atoms with Crippen molar-refractivity contribution in [1.82, 2.24) is 10.1 Å². The van der Waals surface area contributed by atoms with Crippen molar-refractivity contribution < 1.29 is 9.26 Å². The number of fused-ring (bicyclic) bond motifs is 1. The zero-order valence-corrected chi connectivity index (χ0v) is 17.3. The number of hydrogen-bond donors (Lipinski definition) is 1. The van der Waals surface area contributed by atoms with Crippen LogP contribution in [0.1, 0.15) is 51.3 Å². The van der Waals surface area contributed by atoms with Gasteiger partial charge in [0, 0.05) is 12.0 Å². The highest BCUT2D eigenvalue weighted by Crippen LogP contribution is 2.26. The number of nitrogens with zero attached hydrogens (tertiary/aromatic N) is 2. The molecule has 2 N–H and O–H groups in total. The van der Waals surface area contributed by atoms with Gasteiger partial charge in [0.1, 0.15) is 5.75 Å². The van der Waals surface area contributed by atoms with Crippen LogP contribution in [0.5, 0.6) is 5.75 Å². The first-order chi connectivity index (χ1) is 13.3. The highest BCUT2D eigenvalue weighted by Gasteiger charge is 2.09. The number of halogens is 1. The quantitative estimate of drug-likeness (QED) is 0.424. The summed E-state index contributed by atoms with van der Waals surface area (Å²) in [6.07, 6.45) is 7.80. The molecule has 28 heavy (non-hydrogen) atoms. The van der Waals surface area contributed by atoms with Gasteiger partial charge < -0.3 is 15.0 Å². The lowest BCUT2D eigenvalue weighted by molar-refractivity contribution is 0.305. The van der Waals surface area contributed by atoms with Gasteiger partial charge in [-0.25, -0.2) is 0 Å². The molecule has 0 bridgehead atoms. The largest absolute Gasteiger partial charge is 0.494 e. The van der Waals surface area contributed by atoms with Crippen molar-refractivity contribution in [2.24, 2.45) is 5.73 Å². The Hall–Kier alpha value is -2.11. The summed E-state index contributed by atoms with van der Waals surface area (Å²) in [6, 6.07) is 12.4. The molecule has 1 aromatic heterocycles. The van der Waals surface area contributed by atoms with Crippen LogP contribution in [0, 0.1) is 0 Å². The Labute approximate surface area is 173 Å². The number of rotatable bonds is 11. The van der Waals surface area contributed by atoms with E-state index in [1.54, 1.807) is 0 Å². The van der Waals surface area contributed by atoms with Gasteiger partial charge in [-0.15, -0.1) is 12.4 Å². The van der Waals surface area contributed by atoms with E-state index in [0.717, 1.165) is 48.0 Å². The molecule has 1 heterocycles. The van der Waals surface area contributed by atoms with Gasteiger partial charge >= 0.3 is 0 Å². The van der Waals surface area contributed by atoms with Gasteiger partial charge in [-0.05, 0) is 48.4 Å². The van der Waals surface area contributed by atoms with Crippen molar-refractivity contribution in [2.45, 2.75) is 51.9 Å². The number of benzene rings is 2. The molecular formula is C22H30ClN3O2. The molecule has 3 aromatic rings. The molecule has 0 fully saturated rings. The maximum atomic E-state index is 5.90. The average molecular weight is 404 g/mol. The van der Waals surface area contributed by atoms with E-state index in [1.165, 1.54) is 25.7 Å². The Kier molecular flexibility index (Phi) is 9.24. The lowest BCUT2D eigenvalue weighted by Crippen LogP contribution is -2.00. The summed E-state index contributed by atoms with van der Waals surface area (Å²) in [6.45, 7) is 3.63. The zero-order chi connectivity index (χ0) is 18.9. The second-order valence-corrected chi connectivity index (χ2v) is 6.89. The van der Waals surface area contributed by atoms with E-state index in [-0.39, 0.29) is 12.4 Å². The maximum absolute atomic E-state index is 5.90. The molecule has 0 aliphatic rings. The molecule has 2 aromatic carbocycles. The first kappa shape index (κ1) is 22.2. The molecule has 0 unspecified atom stereocenters. The summed E-state index contributed by atoms with van der Waals surface area (Å²) < 4.78 is 11.2.